The summed E-state index contributed by atoms with van der Waals surface area (Å²) in [6.07, 6.45) is 3.78. The molecular formula is C12H17N5. The SMILES string of the molecule is CCn1ccnc1CNc1nc(C)cc(C)n1. The molecule has 0 aromatic carbocycles. The van der Waals surface area contributed by atoms with Crippen LogP contribution in [0.1, 0.15) is 24.1 Å². The van der Waals surface area contributed by atoms with Gasteiger partial charge in [0, 0.05) is 30.3 Å². The van der Waals surface area contributed by atoms with E-state index in [2.05, 4.69) is 31.8 Å². The van der Waals surface area contributed by atoms with Gasteiger partial charge in [-0.05, 0) is 26.8 Å². The summed E-state index contributed by atoms with van der Waals surface area (Å²) in [5.74, 6) is 1.66. The molecule has 5 nitrogen and oxygen atoms in total. The molecule has 0 saturated heterocycles. The standard InChI is InChI=1S/C12H17N5/c1-4-17-6-5-13-11(17)8-14-12-15-9(2)7-10(3)16-12/h5-7H,4,8H2,1-3H3,(H,14,15,16). The number of hydrogen-bond donors (Lipinski definition) is 1. The first-order valence-corrected chi connectivity index (χ1v) is 5.75. The maximum absolute atomic E-state index is 4.33. The minimum Gasteiger partial charge on any atom is -0.347 e. The molecule has 90 valence electrons. The van der Waals surface area contributed by atoms with Crippen molar-refractivity contribution in [3.05, 3.63) is 35.7 Å². The Bertz CT molecular complexity index is 483. The van der Waals surface area contributed by atoms with E-state index in [1.165, 1.54) is 0 Å². The molecule has 2 aromatic heterocycles. The number of aromatic nitrogens is 4. The Balaban J connectivity index is 2.07. The number of rotatable bonds is 4. The number of aryl methyl sites for hydroxylation is 3. The molecule has 2 heterocycles. The van der Waals surface area contributed by atoms with Gasteiger partial charge in [0.15, 0.2) is 0 Å². The van der Waals surface area contributed by atoms with E-state index in [4.69, 9.17) is 0 Å². The molecule has 0 fully saturated rings. The van der Waals surface area contributed by atoms with Gasteiger partial charge in [0.1, 0.15) is 5.82 Å². The van der Waals surface area contributed by atoms with Crippen LogP contribution >= 0.6 is 0 Å². The van der Waals surface area contributed by atoms with Crippen LogP contribution in [-0.4, -0.2) is 19.5 Å². The van der Waals surface area contributed by atoms with Crippen molar-refractivity contribution in [1.82, 2.24) is 19.5 Å². The minimum absolute atomic E-state index is 0.643. The van der Waals surface area contributed by atoms with Crippen molar-refractivity contribution in [3.8, 4) is 0 Å². The predicted molar refractivity (Wildman–Crippen MR) is 66.7 cm³/mol. The van der Waals surface area contributed by atoms with Gasteiger partial charge in [0.05, 0.1) is 6.54 Å². The molecule has 1 N–H and O–H groups in total. The predicted octanol–water partition coefficient (Wildman–Crippen LogP) is 1.92. The third kappa shape index (κ3) is 2.81. The van der Waals surface area contributed by atoms with Gasteiger partial charge in [-0.1, -0.05) is 0 Å². The highest BCUT2D eigenvalue weighted by Gasteiger charge is 2.03. The van der Waals surface area contributed by atoms with Crippen LogP contribution in [0.2, 0.25) is 0 Å². The van der Waals surface area contributed by atoms with E-state index in [0.717, 1.165) is 23.8 Å². The van der Waals surface area contributed by atoms with Crippen LogP contribution in [0.25, 0.3) is 0 Å². The van der Waals surface area contributed by atoms with Gasteiger partial charge in [-0.2, -0.15) is 0 Å². The zero-order chi connectivity index (χ0) is 12.3. The first-order valence-electron chi connectivity index (χ1n) is 5.75. The molecule has 5 heteroatoms. The molecule has 2 rings (SSSR count). The molecule has 0 bridgehead atoms. The lowest BCUT2D eigenvalue weighted by molar-refractivity contribution is 0.706. The second-order valence-corrected chi connectivity index (χ2v) is 3.96. The first-order chi connectivity index (χ1) is 8.19. The average molecular weight is 231 g/mol. The minimum atomic E-state index is 0.643. The van der Waals surface area contributed by atoms with Crippen molar-refractivity contribution in [2.75, 3.05) is 5.32 Å². The number of nitrogens with one attached hydrogen (secondary N) is 1. The van der Waals surface area contributed by atoms with E-state index in [1.54, 1.807) is 0 Å². The van der Waals surface area contributed by atoms with Crippen LogP contribution in [0.4, 0.5) is 5.95 Å². The van der Waals surface area contributed by atoms with E-state index < -0.39 is 0 Å². The van der Waals surface area contributed by atoms with Crippen LogP contribution in [0.15, 0.2) is 18.5 Å². The summed E-state index contributed by atoms with van der Waals surface area (Å²) in [6.45, 7) is 7.59. The van der Waals surface area contributed by atoms with Crippen molar-refractivity contribution in [2.45, 2.75) is 33.9 Å². The quantitative estimate of drug-likeness (QED) is 0.873. The zero-order valence-corrected chi connectivity index (χ0v) is 10.4. The first kappa shape index (κ1) is 11.6. The third-order valence-corrected chi connectivity index (χ3v) is 2.53. The van der Waals surface area contributed by atoms with Crippen LogP contribution in [0, 0.1) is 13.8 Å². The molecule has 0 saturated carbocycles. The monoisotopic (exact) mass is 231 g/mol. The molecule has 0 amide bonds. The normalized spacial score (nSPS) is 10.5. The lowest BCUT2D eigenvalue weighted by Crippen LogP contribution is -2.10. The fourth-order valence-corrected chi connectivity index (χ4v) is 1.76. The van der Waals surface area contributed by atoms with Gasteiger partial charge in [0.25, 0.3) is 0 Å². The molecule has 0 aliphatic carbocycles. The summed E-state index contributed by atoms with van der Waals surface area (Å²) < 4.78 is 2.09. The molecule has 0 aliphatic heterocycles. The third-order valence-electron chi connectivity index (χ3n) is 2.53. The number of anilines is 1. The largest absolute Gasteiger partial charge is 0.347 e. The lowest BCUT2D eigenvalue weighted by Gasteiger charge is -2.07. The second kappa shape index (κ2) is 4.95. The maximum atomic E-state index is 4.33. The molecule has 0 aliphatic rings. The summed E-state index contributed by atoms with van der Waals surface area (Å²) in [4.78, 5) is 13.0. The lowest BCUT2D eigenvalue weighted by atomic mass is 10.4. The van der Waals surface area contributed by atoms with Gasteiger partial charge >= 0.3 is 0 Å². The molecule has 0 unspecified atom stereocenters. The summed E-state index contributed by atoms with van der Waals surface area (Å²) in [7, 11) is 0. The van der Waals surface area contributed by atoms with Crippen LogP contribution in [0.5, 0.6) is 0 Å². The second-order valence-electron chi connectivity index (χ2n) is 3.96. The van der Waals surface area contributed by atoms with E-state index in [-0.39, 0.29) is 0 Å². The van der Waals surface area contributed by atoms with Gasteiger partial charge in [-0.25, -0.2) is 15.0 Å². The zero-order valence-electron chi connectivity index (χ0n) is 10.4. The molecule has 0 atom stereocenters. The van der Waals surface area contributed by atoms with Gasteiger partial charge in [-0.15, -0.1) is 0 Å². The Morgan fingerprint density at radius 3 is 2.59 bits per heavy atom. The van der Waals surface area contributed by atoms with Gasteiger partial charge < -0.3 is 9.88 Å². The van der Waals surface area contributed by atoms with Crippen LogP contribution in [0.3, 0.4) is 0 Å². The van der Waals surface area contributed by atoms with E-state index >= 15 is 0 Å². The number of imidazole rings is 1. The summed E-state index contributed by atoms with van der Waals surface area (Å²) >= 11 is 0. The number of nitrogens with zero attached hydrogens (tertiary/aromatic N) is 4. The highest BCUT2D eigenvalue weighted by molar-refractivity contribution is 5.27. The Morgan fingerprint density at radius 2 is 1.94 bits per heavy atom. The topological polar surface area (TPSA) is 55.6 Å². The number of hydrogen-bond acceptors (Lipinski definition) is 4. The van der Waals surface area contributed by atoms with E-state index in [9.17, 15) is 0 Å². The van der Waals surface area contributed by atoms with Crippen molar-refractivity contribution in [3.63, 3.8) is 0 Å². The Kier molecular flexibility index (Phi) is 3.37. The molecule has 17 heavy (non-hydrogen) atoms. The van der Waals surface area contributed by atoms with Gasteiger partial charge in [0.2, 0.25) is 5.95 Å². The summed E-state index contributed by atoms with van der Waals surface area (Å²) in [5, 5.41) is 3.20. The maximum Gasteiger partial charge on any atom is 0.223 e. The van der Waals surface area contributed by atoms with Gasteiger partial charge in [-0.3, -0.25) is 0 Å². The highest BCUT2D eigenvalue weighted by atomic mass is 15.1. The Labute approximate surface area is 101 Å². The smallest absolute Gasteiger partial charge is 0.223 e. The van der Waals surface area contributed by atoms with Crippen molar-refractivity contribution < 1.29 is 0 Å². The van der Waals surface area contributed by atoms with Crippen molar-refractivity contribution in [1.29, 1.82) is 0 Å². The molecule has 0 radical (unpaired) electrons. The fourth-order valence-electron chi connectivity index (χ4n) is 1.76. The Hall–Kier alpha value is -1.91. The highest BCUT2D eigenvalue weighted by Crippen LogP contribution is 2.06. The Morgan fingerprint density at radius 1 is 1.24 bits per heavy atom. The van der Waals surface area contributed by atoms with Crippen LogP contribution < -0.4 is 5.32 Å². The molecule has 0 spiro atoms. The van der Waals surface area contributed by atoms with E-state index in [1.807, 2.05) is 32.3 Å². The van der Waals surface area contributed by atoms with Crippen LogP contribution in [-0.2, 0) is 13.1 Å². The summed E-state index contributed by atoms with van der Waals surface area (Å²) in [5.41, 5.74) is 1.94. The molecule has 2 aromatic rings. The fraction of sp³-hybridized carbons (Fsp3) is 0.417. The van der Waals surface area contributed by atoms with Crippen molar-refractivity contribution in [2.24, 2.45) is 0 Å². The van der Waals surface area contributed by atoms with Crippen molar-refractivity contribution >= 4 is 5.95 Å². The average Bonchev–Trinajstić information content (AvgIpc) is 2.72. The molecular weight excluding hydrogens is 214 g/mol. The van der Waals surface area contributed by atoms with E-state index in [0.29, 0.717) is 12.5 Å². The summed E-state index contributed by atoms with van der Waals surface area (Å²) in [6, 6.07) is 1.96.